The maximum Gasteiger partial charge on any atom is 0.418 e. The predicted octanol–water partition coefficient (Wildman–Crippen LogP) is 4.85. The first-order chi connectivity index (χ1) is 16.6. The van der Waals surface area contributed by atoms with Crippen LogP contribution in [0, 0.1) is 12.8 Å². The summed E-state index contributed by atoms with van der Waals surface area (Å²) in [6, 6.07) is 13.5. The number of alkyl halides is 3. The molecule has 2 N–H and O–H groups in total. The lowest BCUT2D eigenvalue weighted by atomic mass is 10.1. The minimum absolute atomic E-state index is 0.0583. The second-order valence-electron chi connectivity index (χ2n) is 8.34. The van der Waals surface area contributed by atoms with Crippen molar-refractivity contribution in [2.45, 2.75) is 26.1 Å². The maximum atomic E-state index is 13.7. The van der Waals surface area contributed by atoms with E-state index in [1.54, 1.807) is 0 Å². The molecule has 1 aliphatic heterocycles. The third kappa shape index (κ3) is 5.71. The number of rotatable bonds is 6. The van der Waals surface area contributed by atoms with E-state index in [0.717, 1.165) is 23.3 Å². The Labute approximate surface area is 198 Å². The van der Waals surface area contributed by atoms with Gasteiger partial charge in [0.25, 0.3) is 5.91 Å². The van der Waals surface area contributed by atoms with E-state index in [9.17, 15) is 27.6 Å². The van der Waals surface area contributed by atoms with Gasteiger partial charge >= 0.3 is 6.18 Å². The fourth-order valence-corrected chi connectivity index (χ4v) is 3.82. The molecule has 2 heterocycles. The third-order valence-corrected chi connectivity index (χ3v) is 5.67. The summed E-state index contributed by atoms with van der Waals surface area (Å²) in [7, 11) is 0. The van der Waals surface area contributed by atoms with Crippen molar-refractivity contribution in [3.05, 3.63) is 83.3 Å². The minimum Gasteiger partial charge on any atom is -0.459 e. The van der Waals surface area contributed by atoms with Gasteiger partial charge in [0.15, 0.2) is 5.76 Å². The lowest BCUT2D eigenvalue weighted by molar-refractivity contribution is -0.137. The molecule has 0 radical (unpaired) electrons. The summed E-state index contributed by atoms with van der Waals surface area (Å²) in [4.78, 5) is 38.8. The Hall–Kier alpha value is -4.08. The monoisotopic (exact) mass is 485 g/mol. The van der Waals surface area contributed by atoms with Crippen LogP contribution in [0.5, 0.6) is 0 Å². The summed E-state index contributed by atoms with van der Waals surface area (Å²) in [5.41, 5.74) is 0.284. The Morgan fingerprint density at radius 3 is 2.49 bits per heavy atom. The quantitative estimate of drug-likeness (QED) is 0.522. The normalized spacial score (nSPS) is 15.8. The highest BCUT2D eigenvalue weighted by Crippen LogP contribution is 2.37. The number of furan rings is 1. The molecule has 2 aromatic carbocycles. The molecular weight excluding hydrogens is 463 g/mol. The largest absolute Gasteiger partial charge is 0.459 e. The fourth-order valence-electron chi connectivity index (χ4n) is 3.82. The Kier molecular flexibility index (Phi) is 6.63. The third-order valence-electron chi connectivity index (χ3n) is 5.67. The first-order valence-corrected chi connectivity index (χ1v) is 10.8. The smallest absolute Gasteiger partial charge is 0.418 e. The van der Waals surface area contributed by atoms with Gasteiger partial charge in [0, 0.05) is 25.2 Å². The number of carbonyl (C=O) groups is 3. The topological polar surface area (TPSA) is 91.7 Å². The van der Waals surface area contributed by atoms with Gasteiger partial charge in [-0.3, -0.25) is 14.4 Å². The molecule has 1 aliphatic rings. The van der Waals surface area contributed by atoms with Crippen molar-refractivity contribution in [1.29, 1.82) is 0 Å². The van der Waals surface area contributed by atoms with E-state index in [-0.39, 0.29) is 30.3 Å². The molecule has 7 nitrogen and oxygen atoms in total. The lowest BCUT2D eigenvalue weighted by Gasteiger charge is -2.18. The number of nitrogens with zero attached hydrogens (tertiary/aromatic N) is 1. The van der Waals surface area contributed by atoms with Gasteiger partial charge < -0.3 is 20.0 Å². The number of anilines is 2. The summed E-state index contributed by atoms with van der Waals surface area (Å²) in [6.07, 6.45) is -3.61. The number of amides is 3. The van der Waals surface area contributed by atoms with Crippen LogP contribution in [0.1, 0.15) is 33.7 Å². The summed E-state index contributed by atoms with van der Waals surface area (Å²) in [5.74, 6) is -2.47. The van der Waals surface area contributed by atoms with Crippen molar-refractivity contribution in [2.24, 2.45) is 5.92 Å². The van der Waals surface area contributed by atoms with Crippen molar-refractivity contribution >= 4 is 29.1 Å². The maximum absolute atomic E-state index is 13.7. The summed E-state index contributed by atoms with van der Waals surface area (Å²) in [6.45, 7) is 2.37. The summed E-state index contributed by atoms with van der Waals surface area (Å²) >= 11 is 0. The van der Waals surface area contributed by atoms with E-state index in [2.05, 4.69) is 10.6 Å². The van der Waals surface area contributed by atoms with Crippen LogP contribution in [-0.4, -0.2) is 29.2 Å². The lowest BCUT2D eigenvalue weighted by Crippen LogP contribution is -2.28. The van der Waals surface area contributed by atoms with E-state index >= 15 is 0 Å². The second-order valence-corrected chi connectivity index (χ2v) is 8.34. The van der Waals surface area contributed by atoms with Gasteiger partial charge in [0.1, 0.15) is 0 Å². The predicted molar refractivity (Wildman–Crippen MR) is 121 cm³/mol. The number of carbonyl (C=O) groups excluding carboxylic acids is 3. The summed E-state index contributed by atoms with van der Waals surface area (Å²) < 4.78 is 46.1. The van der Waals surface area contributed by atoms with Crippen LogP contribution >= 0.6 is 0 Å². The number of hydrogen-bond acceptors (Lipinski definition) is 4. The zero-order valence-corrected chi connectivity index (χ0v) is 18.7. The highest BCUT2D eigenvalue weighted by atomic mass is 19.4. The van der Waals surface area contributed by atoms with Crippen molar-refractivity contribution < 1.29 is 32.0 Å². The molecular formula is C25H22F3N3O4. The molecule has 4 rings (SSSR count). The zero-order chi connectivity index (χ0) is 25.2. The first-order valence-electron chi connectivity index (χ1n) is 10.8. The fraction of sp³-hybridized carbons (Fsp3) is 0.240. The number of hydrogen-bond donors (Lipinski definition) is 2. The molecule has 1 atom stereocenters. The van der Waals surface area contributed by atoms with Gasteiger partial charge in [-0.05, 0) is 42.8 Å². The van der Waals surface area contributed by atoms with E-state index in [1.807, 2.05) is 31.2 Å². The van der Waals surface area contributed by atoms with Crippen molar-refractivity contribution in [3.63, 3.8) is 0 Å². The van der Waals surface area contributed by atoms with E-state index in [4.69, 9.17) is 4.42 Å². The standard InChI is InChI=1S/C25H22F3N3O4/c1-15-4-6-16(7-5-15)13-31-14-17(11-22(31)32)23(33)30-20-9-8-18(12-19(20)25(26,27)28)29-24(34)21-3-2-10-35-21/h2-10,12,17H,11,13-14H2,1H3,(H,29,34)(H,30,33). The molecule has 0 spiro atoms. The van der Waals surface area contributed by atoms with Gasteiger partial charge in [-0.25, -0.2) is 0 Å². The number of likely N-dealkylation sites (tertiary alicyclic amines) is 1. The zero-order valence-electron chi connectivity index (χ0n) is 18.7. The van der Waals surface area contributed by atoms with E-state index in [0.29, 0.717) is 6.54 Å². The van der Waals surface area contributed by atoms with Gasteiger partial charge in [0.05, 0.1) is 23.4 Å². The van der Waals surface area contributed by atoms with Crippen LogP contribution in [0.3, 0.4) is 0 Å². The summed E-state index contributed by atoms with van der Waals surface area (Å²) in [5, 5.41) is 4.64. The molecule has 1 unspecified atom stereocenters. The molecule has 182 valence electrons. The average molecular weight is 485 g/mol. The molecule has 1 aromatic heterocycles. The van der Waals surface area contributed by atoms with Crippen LogP contribution in [0.2, 0.25) is 0 Å². The van der Waals surface area contributed by atoms with Crippen LogP contribution in [0.25, 0.3) is 0 Å². The van der Waals surface area contributed by atoms with Crippen LogP contribution in [0.4, 0.5) is 24.5 Å². The van der Waals surface area contributed by atoms with Crippen LogP contribution in [-0.2, 0) is 22.3 Å². The van der Waals surface area contributed by atoms with E-state index < -0.39 is 35.2 Å². The average Bonchev–Trinajstić information content (AvgIpc) is 3.46. The molecule has 35 heavy (non-hydrogen) atoms. The molecule has 1 fully saturated rings. The number of nitrogens with one attached hydrogen (secondary N) is 2. The molecule has 3 aromatic rings. The Bertz CT molecular complexity index is 1240. The Balaban J connectivity index is 1.45. The number of benzene rings is 2. The van der Waals surface area contributed by atoms with Crippen molar-refractivity contribution in [1.82, 2.24) is 4.90 Å². The Morgan fingerprint density at radius 1 is 1.09 bits per heavy atom. The van der Waals surface area contributed by atoms with Crippen molar-refractivity contribution in [3.8, 4) is 0 Å². The highest BCUT2D eigenvalue weighted by Gasteiger charge is 2.37. The minimum atomic E-state index is -4.79. The second kappa shape index (κ2) is 9.65. The molecule has 0 saturated carbocycles. The van der Waals surface area contributed by atoms with E-state index in [1.165, 1.54) is 29.4 Å². The Morgan fingerprint density at radius 2 is 1.83 bits per heavy atom. The first kappa shape index (κ1) is 24.1. The molecule has 0 aliphatic carbocycles. The van der Waals surface area contributed by atoms with Crippen LogP contribution < -0.4 is 10.6 Å². The molecule has 0 bridgehead atoms. The number of halogens is 3. The van der Waals surface area contributed by atoms with Crippen molar-refractivity contribution in [2.75, 3.05) is 17.2 Å². The highest BCUT2D eigenvalue weighted by molar-refractivity contribution is 6.03. The molecule has 10 heteroatoms. The van der Waals surface area contributed by atoms with Gasteiger partial charge in [0.2, 0.25) is 11.8 Å². The SMILES string of the molecule is Cc1ccc(CN2CC(C(=O)Nc3ccc(NC(=O)c4ccco4)cc3C(F)(F)F)CC2=O)cc1. The van der Waals surface area contributed by atoms with Gasteiger partial charge in [-0.2, -0.15) is 13.2 Å². The number of aryl methyl sites for hydroxylation is 1. The van der Waals surface area contributed by atoms with Gasteiger partial charge in [-0.15, -0.1) is 0 Å². The van der Waals surface area contributed by atoms with Gasteiger partial charge in [-0.1, -0.05) is 29.8 Å². The van der Waals surface area contributed by atoms with Crippen LogP contribution in [0.15, 0.2) is 65.3 Å². The molecule has 1 saturated heterocycles. The molecule has 3 amide bonds.